The number of carbonyl (C=O) groups is 1. The highest BCUT2D eigenvalue weighted by Gasteiger charge is 2.34. The van der Waals surface area contributed by atoms with Gasteiger partial charge >= 0.3 is 0 Å². The maximum atomic E-state index is 12.0. The van der Waals surface area contributed by atoms with Gasteiger partial charge < -0.3 is 34.9 Å². The number of amides is 1. The third-order valence-corrected chi connectivity index (χ3v) is 8.05. The number of aliphatic imine (C=N–C) groups is 2. The van der Waals surface area contributed by atoms with Gasteiger partial charge in [0.2, 0.25) is 11.9 Å². The van der Waals surface area contributed by atoms with Crippen molar-refractivity contribution in [3.05, 3.63) is 40.4 Å². The number of ether oxygens (including phenoxy) is 3. The van der Waals surface area contributed by atoms with Gasteiger partial charge in [0.25, 0.3) is 0 Å². The van der Waals surface area contributed by atoms with Crippen molar-refractivity contribution >= 4 is 53.3 Å². The number of nitrogens with zero attached hydrogens (tertiary/aromatic N) is 4. The van der Waals surface area contributed by atoms with Gasteiger partial charge in [-0.2, -0.15) is 0 Å². The lowest BCUT2D eigenvalue weighted by Gasteiger charge is -2.32. The van der Waals surface area contributed by atoms with Crippen molar-refractivity contribution < 1.29 is 24.1 Å². The summed E-state index contributed by atoms with van der Waals surface area (Å²) in [5, 5.41) is 17.6. The van der Waals surface area contributed by atoms with Gasteiger partial charge in [-0.1, -0.05) is 29.8 Å². The Morgan fingerprint density at radius 2 is 1.93 bits per heavy atom. The number of benzene rings is 1. The van der Waals surface area contributed by atoms with E-state index in [1.807, 2.05) is 17.9 Å². The third-order valence-electron chi connectivity index (χ3n) is 7.30. The van der Waals surface area contributed by atoms with E-state index < -0.39 is 5.60 Å². The number of nitrogens with one attached hydrogen (secondary N) is 2. The Balaban J connectivity index is 1.82. The molecule has 3 N–H and O–H groups in total. The molecular formula is C29H36Cl2N6O5. The smallest absolute Gasteiger partial charge is 0.243 e. The van der Waals surface area contributed by atoms with Crippen LogP contribution in [0.15, 0.2) is 34.8 Å². The number of β-amino-alcohol motifs (C(OH)–C–C–N with tert-alkyl or cyclic N) is 1. The summed E-state index contributed by atoms with van der Waals surface area (Å²) in [5.74, 6) is 1.23. The molecule has 0 bridgehead atoms. The fourth-order valence-corrected chi connectivity index (χ4v) is 5.75. The quantitative estimate of drug-likeness (QED) is 0.229. The second-order valence-corrected chi connectivity index (χ2v) is 11.2. The zero-order chi connectivity index (χ0) is 30.6. The molecule has 2 aromatic rings. The number of aliphatic hydroxyl groups is 1. The normalized spacial score (nSPS) is 22.5. The average molecular weight is 620 g/mol. The Labute approximate surface area is 255 Å². The molecule has 2 aliphatic rings. The van der Waals surface area contributed by atoms with E-state index in [2.05, 4.69) is 28.9 Å². The number of carbonyl (C=O) groups excluding carboxylic acids is 1. The van der Waals surface area contributed by atoms with Crippen molar-refractivity contribution in [1.29, 1.82) is 0 Å². The largest absolute Gasteiger partial charge is 0.495 e. The van der Waals surface area contributed by atoms with Gasteiger partial charge in [0.05, 0.1) is 54.3 Å². The number of halogens is 2. The molecule has 3 atom stereocenters. The van der Waals surface area contributed by atoms with Crippen LogP contribution in [0.5, 0.6) is 11.5 Å². The molecule has 0 saturated carbocycles. The molecular weight excluding hydrogens is 583 g/mol. The van der Waals surface area contributed by atoms with Crippen LogP contribution in [0.2, 0.25) is 10.0 Å². The Hall–Kier alpha value is -3.38. The number of aromatic nitrogens is 1. The molecule has 4 rings (SSSR count). The van der Waals surface area contributed by atoms with Gasteiger partial charge in [-0.25, -0.2) is 15.0 Å². The lowest BCUT2D eigenvalue weighted by molar-refractivity contribution is -0.118. The zero-order valence-electron chi connectivity index (χ0n) is 24.2. The van der Waals surface area contributed by atoms with Crippen LogP contribution in [-0.2, 0) is 9.53 Å². The van der Waals surface area contributed by atoms with Crippen LogP contribution in [0.3, 0.4) is 0 Å². The number of hydrogen-bond donors (Lipinski definition) is 3. The highest BCUT2D eigenvalue weighted by Crippen LogP contribution is 2.47. The van der Waals surface area contributed by atoms with Crippen molar-refractivity contribution in [3.63, 3.8) is 0 Å². The number of rotatable bonds is 8. The summed E-state index contributed by atoms with van der Waals surface area (Å²) in [6.07, 6.45) is 2.39. The van der Waals surface area contributed by atoms with E-state index in [1.165, 1.54) is 20.3 Å². The summed E-state index contributed by atoms with van der Waals surface area (Å²) < 4.78 is 16.6. The maximum Gasteiger partial charge on any atom is 0.243 e. The third kappa shape index (κ3) is 6.81. The molecule has 2 fully saturated rings. The molecule has 42 heavy (non-hydrogen) atoms. The molecule has 0 spiro atoms. The number of guanidine groups is 1. The van der Waals surface area contributed by atoms with Gasteiger partial charge in [0.1, 0.15) is 17.2 Å². The summed E-state index contributed by atoms with van der Waals surface area (Å²) in [7, 11) is 3.02. The van der Waals surface area contributed by atoms with Crippen molar-refractivity contribution in [1.82, 2.24) is 15.6 Å². The predicted molar refractivity (Wildman–Crippen MR) is 166 cm³/mol. The van der Waals surface area contributed by atoms with Gasteiger partial charge in [-0.15, -0.1) is 0 Å². The fraction of sp³-hybridized carbons (Fsp3) is 0.448. The van der Waals surface area contributed by atoms with E-state index in [0.29, 0.717) is 73.4 Å². The maximum absolute atomic E-state index is 12.0. The summed E-state index contributed by atoms with van der Waals surface area (Å²) in [5.41, 5.74) is 1.29. The van der Waals surface area contributed by atoms with Crippen LogP contribution in [0.4, 0.5) is 11.5 Å². The molecule has 226 valence electrons. The first-order valence-corrected chi connectivity index (χ1v) is 14.2. The lowest BCUT2D eigenvalue weighted by Crippen LogP contribution is -2.56. The van der Waals surface area contributed by atoms with Crippen molar-refractivity contribution in [3.8, 4) is 22.8 Å². The van der Waals surface area contributed by atoms with Crippen LogP contribution in [0.1, 0.15) is 25.3 Å². The summed E-state index contributed by atoms with van der Waals surface area (Å²) in [6.45, 7) is 12.6. The summed E-state index contributed by atoms with van der Waals surface area (Å²) in [6, 6.07) is 2.90. The van der Waals surface area contributed by atoms with Crippen LogP contribution >= 0.6 is 23.2 Å². The van der Waals surface area contributed by atoms with E-state index in [4.69, 9.17) is 47.4 Å². The second-order valence-electron chi connectivity index (χ2n) is 10.5. The Kier molecular flexibility index (Phi) is 9.98. The number of anilines is 1. The molecule has 1 unspecified atom stereocenters. The van der Waals surface area contributed by atoms with Gasteiger partial charge in [-0.05, 0) is 51.1 Å². The molecule has 2 aliphatic heterocycles. The first-order valence-electron chi connectivity index (χ1n) is 13.4. The fourth-order valence-electron chi connectivity index (χ4n) is 5.05. The van der Waals surface area contributed by atoms with E-state index in [1.54, 1.807) is 13.0 Å². The monoisotopic (exact) mass is 618 g/mol. The number of pyridine rings is 1. The first kappa shape index (κ1) is 31.6. The predicted octanol–water partition coefficient (Wildman–Crippen LogP) is 4.08. The Morgan fingerprint density at radius 1 is 1.24 bits per heavy atom. The summed E-state index contributed by atoms with van der Waals surface area (Å²) in [4.78, 5) is 27.9. The SMILES string of the molecule is C=CC(=O)N[C@H]1CCOC[C@H]1N/C(N=C)=N/c1c(C)cc(-c2c(Cl)c(OC)cc(OC)c2Cl)nc1N1CCC(C)(O)C1. The summed E-state index contributed by atoms with van der Waals surface area (Å²) >= 11 is 13.5. The molecule has 1 aromatic heterocycles. The van der Waals surface area contributed by atoms with E-state index in [0.717, 1.165) is 5.56 Å². The molecule has 0 radical (unpaired) electrons. The van der Waals surface area contributed by atoms with Crippen LogP contribution in [0, 0.1) is 6.92 Å². The molecule has 1 amide bonds. The molecule has 0 aliphatic carbocycles. The Bertz CT molecular complexity index is 1370. The minimum Gasteiger partial charge on any atom is -0.495 e. The van der Waals surface area contributed by atoms with Crippen LogP contribution in [-0.4, -0.2) is 86.9 Å². The lowest BCUT2D eigenvalue weighted by atomic mass is 10.0. The number of aryl methyl sites for hydroxylation is 1. The van der Waals surface area contributed by atoms with Crippen LogP contribution in [0.25, 0.3) is 11.3 Å². The average Bonchev–Trinajstić information content (AvgIpc) is 3.33. The number of hydrogen-bond acceptors (Lipinski definition) is 8. The standard InChI is InChI=1S/C29H36Cl2N6O5/c1-7-22(38)33-17-8-11-42-14-19(17)35-28(32-4)36-26-16(2)12-18(34-27(26)37-10-9-29(3,39)15-37)23-24(30)20(40-5)13-21(41-6)25(23)31/h7,12-13,17,19,39H,1,4,8-11,14-15H2,2-3,5-6H3,(H,33,38)(H,35,36)/t17-,19+,29?/m0/s1. The molecule has 2 saturated heterocycles. The topological polar surface area (TPSA) is 130 Å². The highest BCUT2D eigenvalue weighted by molar-refractivity contribution is 6.41. The van der Waals surface area contributed by atoms with E-state index in [9.17, 15) is 9.90 Å². The minimum absolute atomic E-state index is 0.224. The number of methoxy groups -OCH3 is 2. The molecule has 13 heteroatoms. The van der Waals surface area contributed by atoms with Crippen molar-refractivity contribution in [2.75, 3.05) is 45.4 Å². The Morgan fingerprint density at radius 3 is 2.50 bits per heavy atom. The van der Waals surface area contributed by atoms with Gasteiger partial charge in [0, 0.05) is 31.3 Å². The van der Waals surface area contributed by atoms with E-state index in [-0.39, 0.29) is 34.0 Å². The zero-order valence-corrected chi connectivity index (χ0v) is 25.7. The first-order chi connectivity index (χ1) is 20.0. The molecule has 11 nitrogen and oxygen atoms in total. The van der Waals surface area contributed by atoms with E-state index >= 15 is 0 Å². The minimum atomic E-state index is -0.908. The van der Waals surface area contributed by atoms with Crippen molar-refractivity contribution in [2.24, 2.45) is 9.98 Å². The van der Waals surface area contributed by atoms with Gasteiger partial charge in [-0.3, -0.25) is 4.79 Å². The van der Waals surface area contributed by atoms with Crippen LogP contribution < -0.4 is 25.0 Å². The van der Waals surface area contributed by atoms with Crippen molar-refractivity contribution in [2.45, 2.75) is 44.4 Å². The highest BCUT2D eigenvalue weighted by atomic mass is 35.5. The van der Waals surface area contributed by atoms with Gasteiger partial charge in [0.15, 0.2) is 5.82 Å². The molecule has 3 heterocycles. The molecule has 1 aromatic carbocycles. The second kappa shape index (κ2) is 13.3.